The van der Waals surface area contributed by atoms with E-state index in [-0.39, 0.29) is 5.04 Å². The highest BCUT2D eigenvalue weighted by Crippen LogP contribution is 2.50. The molecule has 20 heavy (non-hydrogen) atoms. The molecule has 0 N–H and O–H groups in total. The molecule has 0 heterocycles. The Balaban J connectivity index is 2.50. The second-order valence-electron chi connectivity index (χ2n) is 7.90. The lowest BCUT2D eigenvalue weighted by atomic mass is 10.1. The van der Waals surface area contributed by atoms with Gasteiger partial charge >= 0.3 is 0 Å². The zero-order chi connectivity index (χ0) is 15.8. The van der Waals surface area contributed by atoms with Crippen molar-refractivity contribution in [3.05, 3.63) is 36.8 Å². The fraction of sp³-hybridized carbons (Fsp3) is 0.647. The van der Waals surface area contributed by atoms with Crippen molar-refractivity contribution in [2.45, 2.75) is 52.2 Å². The predicted octanol–water partition coefficient (Wildman–Crippen LogP) is 4.93. The second-order valence-corrected chi connectivity index (χ2v) is 12.6. The number of nitrogens with zero attached hydrogens (tertiary/aromatic N) is 1. The van der Waals surface area contributed by atoms with Crippen molar-refractivity contribution in [1.29, 1.82) is 0 Å². The maximum Gasteiger partial charge on any atom is 0.250 e. The van der Waals surface area contributed by atoms with Crippen LogP contribution in [0.2, 0.25) is 18.1 Å². The van der Waals surface area contributed by atoms with Crippen LogP contribution in [0.1, 0.15) is 34.1 Å². The third kappa shape index (κ3) is 4.27. The van der Waals surface area contributed by atoms with Crippen LogP contribution in [0.3, 0.4) is 0 Å². The highest BCUT2D eigenvalue weighted by molar-refractivity contribution is 6.74. The molecule has 0 aromatic rings. The molecule has 3 heteroatoms. The lowest BCUT2D eigenvalue weighted by Gasteiger charge is -2.36. The summed E-state index contributed by atoms with van der Waals surface area (Å²) in [5.41, 5.74) is 1.66. The number of allylic oxidation sites excluding steroid dienone is 1. The molecule has 1 unspecified atom stereocenters. The van der Waals surface area contributed by atoms with Gasteiger partial charge in [0.15, 0.2) is 0 Å². The first-order chi connectivity index (χ1) is 8.87. The van der Waals surface area contributed by atoms with E-state index in [2.05, 4.69) is 72.1 Å². The summed E-state index contributed by atoms with van der Waals surface area (Å²) < 4.78 is 6.13. The number of rotatable bonds is 6. The summed E-state index contributed by atoms with van der Waals surface area (Å²) in [7, 11) is 0.321. The zero-order valence-electron chi connectivity index (χ0n) is 14.3. The van der Waals surface area contributed by atoms with Crippen molar-refractivity contribution < 1.29 is 4.43 Å². The van der Waals surface area contributed by atoms with Gasteiger partial charge in [-0.1, -0.05) is 46.4 Å². The molecule has 0 aromatic heterocycles. The highest BCUT2D eigenvalue weighted by Gasteiger charge is 2.42. The lowest BCUT2D eigenvalue weighted by Crippen LogP contribution is -2.40. The molecule has 1 aliphatic rings. The van der Waals surface area contributed by atoms with Crippen LogP contribution in [0.15, 0.2) is 36.8 Å². The van der Waals surface area contributed by atoms with E-state index in [1.165, 1.54) is 5.57 Å². The molecule has 2 nitrogen and oxygen atoms in total. The third-order valence-electron chi connectivity index (χ3n) is 4.64. The van der Waals surface area contributed by atoms with Crippen LogP contribution in [-0.4, -0.2) is 26.8 Å². The van der Waals surface area contributed by atoms with Crippen LogP contribution in [-0.2, 0) is 4.43 Å². The van der Waals surface area contributed by atoms with Gasteiger partial charge in [-0.2, -0.15) is 0 Å². The molecular formula is C17H31NOSi. The maximum absolute atomic E-state index is 6.13. The largest absolute Gasteiger partial charge is 0.544 e. The fourth-order valence-corrected chi connectivity index (χ4v) is 2.95. The van der Waals surface area contributed by atoms with Gasteiger partial charge < -0.3 is 9.33 Å². The fourth-order valence-electron chi connectivity index (χ4n) is 1.92. The van der Waals surface area contributed by atoms with E-state index in [1.54, 1.807) is 0 Å². The normalized spacial score (nSPS) is 23.1. The summed E-state index contributed by atoms with van der Waals surface area (Å²) in [5, 5.41) is 0.203. The van der Waals surface area contributed by atoms with Gasteiger partial charge in [-0.05, 0) is 30.6 Å². The minimum atomic E-state index is -1.77. The molecule has 0 spiro atoms. The van der Waals surface area contributed by atoms with Gasteiger partial charge in [0.1, 0.15) is 0 Å². The Kier molecular flexibility index (Phi) is 4.64. The smallest absolute Gasteiger partial charge is 0.250 e. The summed E-state index contributed by atoms with van der Waals surface area (Å²) in [6, 6.07) is 0. The van der Waals surface area contributed by atoms with Crippen molar-refractivity contribution in [2.75, 3.05) is 13.6 Å². The van der Waals surface area contributed by atoms with Crippen LogP contribution >= 0.6 is 0 Å². The van der Waals surface area contributed by atoms with Crippen LogP contribution in [0.25, 0.3) is 0 Å². The Morgan fingerprint density at radius 2 is 1.95 bits per heavy atom. The third-order valence-corrected chi connectivity index (χ3v) is 9.02. The summed E-state index contributed by atoms with van der Waals surface area (Å²) in [6.07, 6.45) is 5.19. The molecular weight excluding hydrogens is 262 g/mol. The Labute approximate surface area is 126 Å². The number of hydrogen-bond donors (Lipinski definition) is 0. The van der Waals surface area contributed by atoms with E-state index < -0.39 is 8.32 Å². The van der Waals surface area contributed by atoms with Crippen molar-refractivity contribution in [2.24, 2.45) is 5.41 Å². The molecule has 0 aliphatic heterocycles. The molecule has 0 radical (unpaired) electrons. The molecule has 0 bridgehead atoms. The molecule has 1 fully saturated rings. The van der Waals surface area contributed by atoms with Crippen molar-refractivity contribution >= 4 is 8.32 Å². The summed E-state index contributed by atoms with van der Waals surface area (Å²) in [4.78, 5) is 2.19. The summed E-state index contributed by atoms with van der Waals surface area (Å²) >= 11 is 0. The molecule has 0 saturated heterocycles. The van der Waals surface area contributed by atoms with Crippen molar-refractivity contribution in [3.8, 4) is 0 Å². The SMILES string of the molecule is C=C(/C=C/N(C)CC1(C)CC1=C)O[Si](C)(C)C(C)(C)C. The van der Waals surface area contributed by atoms with Gasteiger partial charge in [0, 0.05) is 25.2 Å². The first-order valence-corrected chi connectivity index (χ1v) is 10.2. The molecule has 1 aliphatic carbocycles. The van der Waals surface area contributed by atoms with Gasteiger partial charge in [-0.3, -0.25) is 0 Å². The van der Waals surface area contributed by atoms with Crippen LogP contribution in [0, 0.1) is 5.41 Å². The quantitative estimate of drug-likeness (QED) is 0.298. The van der Waals surface area contributed by atoms with Crippen molar-refractivity contribution in [1.82, 2.24) is 4.90 Å². The van der Waals surface area contributed by atoms with Gasteiger partial charge in [-0.15, -0.1) is 0 Å². The van der Waals surface area contributed by atoms with Gasteiger partial charge in [0.05, 0.1) is 5.76 Å². The molecule has 0 aromatic carbocycles. The van der Waals surface area contributed by atoms with Gasteiger partial charge in [-0.25, -0.2) is 0 Å². The molecule has 114 valence electrons. The monoisotopic (exact) mass is 293 g/mol. The Morgan fingerprint density at radius 3 is 2.35 bits per heavy atom. The second kappa shape index (κ2) is 5.43. The van der Waals surface area contributed by atoms with E-state index >= 15 is 0 Å². The van der Waals surface area contributed by atoms with Gasteiger partial charge in [0.2, 0.25) is 8.32 Å². The van der Waals surface area contributed by atoms with Gasteiger partial charge in [0.25, 0.3) is 0 Å². The summed E-state index contributed by atoms with van der Waals surface area (Å²) in [5.74, 6) is 0.767. The standard InChI is InChI=1S/C17H31NOSi/c1-14-12-17(14,6)13-18(7)11-10-15(2)19-20(8,9)16(3,4)5/h10-11H,1-2,12-13H2,3-9H3/b11-10+. The maximum atomic E-state index is 6.13. The average Bonchev–Trinajstić information content (AvgIpc) is 2.80. The topological polar surface area (TPSA) is 12.5 Å². The van der Waals surface area contributed by atoms with E-state index in [0.29, 0.717) is 5.41 Å². The molecule has 1 saturated carbocycles. The Hall–Kier alpha value is -0.963. The average molecular weight is 294 g/mol. The highest BCUT2D eigenvalue weighted by atomic mass is 28.4. The molecule has 1 rings (SSSR count). The first-order valence-electron chi connectivity index (χ1n) is 7.32. The van der Waals surface area contributed by atoms with E-state index in [0.717, 1.165) is 18.7 Å². The number of hydrogen-bond acceptors (Lipinski definition) is 2. The van der Waals surface area contributed by atoms with E-state index in [1.807, 2.05) is 6.08 Å². The van der Waals surface area contributed by atoms with Crippen LogP contribution < -0.4 is 0 Å². The van der Waals surface area contributed by atoms with Crippen LogP contribution in [0.5, 0.6) is 0 Å². The molecule has 1 atom stereocenters. The van der Waals surface area contributed by atoms with E-state index in [4.69, 9.17) is 4.43 Å². The Morgan fingerprint density at radius 1 is 1.45 bits per heavy atom. The van der Waals surface area contributed by atoms with Crippen LogP contribution in [0.4, 0.5) is 0 Å². The molecule has 0 amide bonds. The van der Waals surface area contributed by atoms with E-state index in [9.17, 15) is 0 Å². The first kappa shape index (κ1) is 17.1. The minimum absolute atomic E-state index is 0.203. The predicted molar refractivity (Wildman–Crippen MR) is 91.1 cm³/mol. The Bertz CT molecular complexity index is 431. The van der Waals surface area contributed by atoms with Crippen molar-refractivity contribution in [3.63, 3.8) is 0 Å². The zero-order valence-corrected chi connectivity index (χ0v) is 15.3. The summed E-state index contributed by atoms with van der Waals surface area (Å²) in [6.45, 7) is 22.6. The lowest BCUT2D eigenvalue weighted by molar-refractivity contribution is 0.364. The minimum Gasteiger partial charge on any atom is -0.544 e.